The van der Waals surface area contributed by atoms with Gasteiger partial charge < -0.3 is 10.2 Å². The number of rotatable bonds is 6. The minimum absolute atomic E-state index is 0.0473. The van der Waals surface area contributed by atoms with Gasteiger partial charge in [-0.3, -0.25) is 4.79 Å². The number of nitrogens with one attached hydrogen (secondary N) is 1. The molecule has 0 radical (unpaired) electrons. The first kappa shape index (κ1) is 18.5. The number of para-hydroxylation sites is 1. The van der Waals surface area contributed by atoms with E-state index in [4.69, 9.17) is 4.98 Å². The number of likely N-dealkylation sites (N-methyl/N-ethyl adjacent to an activating group) is 1. The molecular formula is C21H25N3OS. The summed E-state index contributed by atoms with van der Waals surface area (Å²) in [5.74, 6) is 0.412. The zero-order chi connectivity index (χ0) is 18.7. The van der Waals surface area contributed by atoms with Crippen LogP contribution in [0, 0.1) is 5.92 Å². The minimum Gasteiger partial charge on any atom is -0.350 e. The fourth-order valence-corrected chi connectivity index (χ4v) is 3.91. The summed E-state index contributed by atoms with van der Waals surface area (Å²) in [4.78, 5) is 20.9. The van der Waals surface area contributed by atoms with Crippen molar-refractivity contribution in [2.24, 2.45) is 5.92 Å². The van der Waals surface area contributed by atoms with Crippen molar-refractivity contribution in [3.05, 3.63) is 53.4 Å². The average Bonchev–Trinajstić information content (AvgIpc) is 3.14. The number of fused-ring (bicyclic) bond motifs is 1. The van der Waals surface area contributed by atoms with E-state index in [0.717, 1.165) is 21.5 Å². The molecule has 0 aliphatic rings. The highest BCUT2D eigenvalue weighted by Gasteiger charge is 2.19. The van der Waals surface area contributed by atoms with Crippen LogP contribution in [0.3, 0.4) is 0 Å². The lowest BCUT2D eigenvalue weighted by atomic mass is 10.0. The Labute approximate surface area is 158 Å². The molecular weight excluding hydrogens is 342 g/mol. The van der Waals surface area contributed by atoms with Gasteiger partial charge in [0.05, 0.1) is 21.7 Å². The second kappa shape index (κ2) is 7.98. The summed E-state index contributed by atoms with van der Waals surface area (Å²) in [5, 5.41) is 6.03. The van der Waals surface area contributed by atoms with E-state index in [9.17, 15) is 4.79 Å². The molecule has 0 saturated carbocycles. The van der Waals surface area contributed by atoms with Crippen LogP contribution in [-0.2, 0) is 0 Å². The first-order valence-corrected chi connectivity index (χ1v) is 9.73. The fraction of sp³-hybridized carbons (Fsp3) is 0.333. The normalized spacial score (nSPS) is 12.7. The van der Waals surface area contributed by atoms with Crippen LogP contribution in [0.5, 0.6) is 0 Å². The van der Waals surface area contributed by atoms with Crippen molar-refractivity contribution >= 4 is 28.1 Å². The summed E-state index contributed by atoms with van der Waals surface area (Å²) in [6.07, 6.45) is 0. The van der Waals surface area contributed by atoms with Gasteiger partial charge in [0.1, 0.15) is 0 Å². The van der Waals surface area contributed by atoms with Crippen LogP contribution in [0.1, 0.15) is 24.2 Å². The van der Waals surface area contributed by atoms with E-state index in [2.05, 4.69) is 24.1 Å². The maximum Gasteiger partial charge on any atom is 0.252 e. The molecule has 2 aromatic heterocycles. The molecule has 1 aromatic carbocycles. The zero-order valence-electron chi connectivity index (χ0n) is 15.7. The predicted molar refractivity (Wildman–Crippen MR) is 110 cm³/mol. The predicted octanol–water partition coefficient (Wildman–Crippen LogP) is 4.28. The number of aromatic nitrogens is 1. The molecule has 1 amide bonds. The SMILES string of the molecule is CC(C)C(CNC(=O)c1cc(-c2cccs2)nc2ccccc12)N(C)C. The first-order chi connectivity index (χ1) is 12.5. The van der Waals surface area contributed by atoms with Gasteiger partial charge in [0, 0.05) is 18.0 Å². The summed E-state index contributed by atoms with van der Waals surface area (Å²) in [7, 11) is 4.10. The van der Waals surface area contributed by atoms with Gasteiger partial charge in [-0.05, 0) is 43.6 Å². The largest absolute Gasteiger partial charge is 0.350 e. The number of thiophene rings is 1. The van der Waals surface area contributed by atoms with Gasteiger partial charge in [0.2, 0.25) is 0 Å². The van der Waals surface area contributed by atoms with E-state index in [1.807, 2.05) is 61.9 Å². The molecule has 3 rings (SSSR count). The number of carbonyl (C=O) groups excluding carboxylic acids is 1. The van der Waals surface area contributed by atoms with Crippen molar-refractivity contribution in [3.8, 4) is 10.6 Å². The molecule has 1 atom stereocenters. The van der Waals surface area contributed by atoms with Crippen molar-refractivity contribution in [1.29, 1.82) is 0 Å². The highest BCUT2D eigenvalue weighted by molar-refractivity contribution is 7.13. The third-order valence-electron chi connectivity index (χ3n) is 4.64. The molecule has 136 valence electrons. The molecule has 0 spiro atoms. The Balaban J connectivity index is 1.94. The van der Waals surface area contributed by atoms with E-state index in [-0.39, 0.29) is 5.91 Å². The van der Waals surface area contributed by atoms with Crippen LogP contribution >= 0.6 is 11.3 Å². The third kappa shape index (κ3) is 3.94. The summed E-state index contributed by atoms with van der Waals surface area (Å²) >= 11 is 1.63. The molecule has 0 bridgehead atoms. The van der Waals surface area contributed by atoms with Crippen molar-refractivity contribution in [2.45, 2.75) is 19.9 Å². The van der Waals surface area contributed by atoms with Gasteiger partial charge in [0.15, 0.2) is 0 Å². The fourth-order valence-electron chi connectivity index (χ4n) is 3.22. The van der Waals surface area contributed by atoms with Gasteiger partial charge in [-0.1, -0.05) is 38.1 Å². The van der Waals surface area contributed by atoms with Gasteiger partial charge in [-0.25, -0.2) is 4.98 Å². The Morgan fingerprint density at radius 3 is 2.62 bits per heavy atom. The van der Waals surface area contributed by atoms with Crippen LogP contribution in [0.15, 0.2) is 47.8 Å². The highest BCUT2D eigenvalue weighted by Crippen LogP contribution is 2.27. The molecule has 0 aliphatic heterocycles. The number of amides is 1. The van der Waals surface area contributed by atoms with Crippen LogP contribution in [0.4, 0.5) is 0 Å². The number of carbonyl (C=O) groups is 1. The molecule has 4 nitrogen and oxygen atoms in total. The van der Waals surface area contributed by atoms with Crippen LogP contribution < -0.4 is 5.32 Å². The Kier molecular flexibility index (Phi) is 5.69. The monoisotopic (exact) mass is 367 g/mol. The number of hydrogen-bond acceptors (Lipinski definition) is 4. The lowest BCUT2D eigenvalue weighted by Crippen LogP contribution is -2.43. The molecule has 2 heterocycles. The zero-order valence-corrected chi connectivity index (χ0v) is 16.5. The topological polar surface area (TPSA) is 45.2 Å². The maximum absolute atomic E-state index is 13.0. The van der Waals surface area contributed by atoms with Gasteiger partial charge in [-0.15, -0.1) is 11.3 Å². The molecule has 0 saturated heterocycles. The molecule has 3 aromatic rings. The molecule has 1 N–H and O–H groups in total. The van der Waals surface area contributed by atoms with Crippen LogP contribution in [-0.4, -0.2) is 42.5 Å². The van der Waals surface area contributed by atoms with E-state index in [1.54, 1.807) is 11.3 Å². The van der Waals surface area contributed by atoms with E-state index in [1.165, 1.54) is 0 Å². The van der Waals surface area contributed by atoms with Crippen molar-refractivity contribution in [3.63, 3.8) is 0 Å². The maximum atomic E-state index is 13.0. The Hall–Kier alpha value is -2.24. The van der Waals surface area contributed by atoms with Crippen molar-refractivity contribution in [2.75, 3.05) is 20.6 Å². The second-order valence-corrected chi connectivity index (χ2v) is 7.98. The minimum atomic E-state index is -0.0473. The number of nitrogens with zero attached hydrogens (tertiary/aromatic N) is 2. The van der Waals surface area contributed by atoms with Gasteiger partial charge in [-0.2, -0.15) is 0 Å². The number of benzene rings is 1. The second-order valence-electron chi connectivity index (χ2n) is 7.03. The van der Waals surface area contributed by atoms with Gasteiger partial charge in [0.25, 0.3) is 5.91 Å². The van der Waals surface area contributed by atoms with Crippen molar-refractivity contribution < 1.29 is 4.79 Å². The standard InChI is InChI=1S/C21H25N3OS/c1-14(2)19(24(3)4)13-22-21(25)16-12-18(20-10-7-11-26-20)23-17-9-6-5-8-15(16)17/h5-12,14,19H,13H2,1-4H3,(H,22,25). The summed E-state index contributed by atoms with van der Waals surface area (Å²) < 4.78 is 0. The molecule has 0 aliphatic carbocycles. The number of pyridine rings is 1. The van der Waals surface area contributed by atoms with Crippen molar-refractivity contribution in [1.82, 2.24) is 15.2 Å². The first-order valence-electron chi connectivity index (χ1n) is 8.85. The van der Waals surface area contributed by atoms with E-state index >= 15 is 0 Å². The average molecular weight is 368 g/mol. The molecule has 0 fully saturated rings. The van der Waals surface area contributed by atoms with E-state index < -0.39 is 0 Å². The quantitative estimate of drug-likeness (QED) is 0.707. The van der Waals surface area contributed by atoms with E-state index in [0.29, 0.717) is 24.1 Å². The summed E-state index contributed by atoms with van der Waals surface area (Å²) in [6, 6.07) is 14.1. The summed E-state index contributed by atoms with van der Waals surface area (Å²) in [6.45, 7) is 4.97. The Bertz CT molecular complexity index is 879. The Morgan fingerprint density at radius 1 is 1.19 bits per heavy atom. The smallest absolute Gasteiger partial charge is 0.252 e. The molecule has 1 unspecified atom stereocenters. The van der Waals surface area contributed by atoms with Crippen LogP contribution in [0.25, 0.3) is 21.5 Å². The van der Waals surface area contributed by atoms with Gasteiger partial charge >= 0.3 is 0 Å². The summed E-state index contributed by atoms with van der Waals surface area (Å²) in [5.41, 5.74) is 2.37. The molecule has 5 heteroatoms. The molecule has 26 heavy (non-hydrogen) atoms. The lowest BCUT2D eigenvalue weighted by molar-refractivity contribution is 0.0936. The number of hydrogen-bond donors (Lipinski definition) is 1. The lowest BCUT2D eigenvalue weighted by Gasteiger charge is -2.28. The third-order valence-corrected chi connectivity index (χ3v) is 5.53. The highest BCUT2D eigenvalue weighted by atomic mass is 32.1. The van der Waals surface area contributed by atoms with Crippen LogP contribution in [0.2, 0.25) is 0 Å². The Morgan fingerprint density at radius 2 is 1.96 bits per heavy atom.